The van der Waals surface area contributed by atoms with Crippen LogP contribution in [0.2, 0.25) is 0 Å². The summed E-state index contributed by atoms with van der Waals surface area (Å²) in [6.45, 7) is 5.09. The van der Waals surface area contributed by atoms with Gasteiger partial charge in [0.05, 0.1) is 6.61 Å². The van der Waals surface area contributed by atoms with Gasteiger partial charge in [0.2, 0.25) is 0 Å². The number of hydrogen-bond acceptors (Lipinski definition) is 4. The lowest BCUT2D eigenvalue weighted by Crippen LogP contribution is -2.49. The number of amides is 1. The van der Waals surface area contributed by atoms with Gasteiger partial charge in [-0.15, -0.1) is 0 Å². The van der Waals surface area contributed by atoms with E-state index in [0.717, 1.165) is 25.1 Å². The van der Waals surface area contributed by atoms with E-state index in [2.05, 4.69) is 4.90 Å². The van der Waals surface area contributed by atoms with Gasteiger partial charge in [0.25, 0.3) is 0 Å². The van der Waals surface area contributed by atoms with Gasteiger partial charge in [0.1, 0.15) is 6.29 Å². The Kier molecular flexibility index (Phi) is 4.39. The summed E-state index contributed by atoms with van der Waals surface area (Å²) in [6.07, 6.45) is 0.598. The van der Waals surface area contributed by atoms with Crippen molar-refractivity contribution >= 4 is 18.1 Å². The summed E-state index contributed by atoms with van der Waals surface area (Å²) in [7, 11) is 0. The minimum atomic E-state index is -0.238. The molecule has 5 nitrogen and oxygen atoms in total. The number of carbonyl (C=O) groups is 2. The van der Waals surface area contributed by atoms with Crippen LogP contribution in [0.3, 0.4) is 0 Å². The van der Waals surface area contributed by atoms with E-state index in [0.29, 0.717) is 25.3 Å². The van der Waals surface area contributed by atoms with Crippen LogP contribution in [-0.2, 0) is 4.74 Å². The third-order valence-electron chi connectivity index (χ3n) is 3.20. The van der Waals surface area contributed by atoms with Crippen molar-refractivity contribution in [1.82, 2.24) is 4.90 Å². The second-order valence-corrected chi connectivity index (χ2v) is 4.38. The maximum atomic E-state index is 11.6. The Morgan fingerprint density at radius 1 is 1.21 bits per heavy atom. The summed E-state index contributed by atoms with van der Waals surface area (Å²) < 4.78 is 4.98. The second kappa shape index (κ2) is 6.22. The minimum Gasteiger partial charge on any atom is -0.450 e. The molecular formula is C14H18N2O3. The number of anilines is 1. The van der Waals surface area contributed by atoms with Gasteiger partial charge in [0.15, 0.2) is 0 Å². The summed E-state index contributed by atoms with van der Waals surface area (Å²) in [5.41, 5.74) is 1.75. The number of nitrogens with zero attached hydrogens (tertiary/aromatic N) is 2. The van der Waals surface area contributed by atoms with Gasteiger partial charge in [-0.25, -0.2) is 4.79 Å². The number of piperazine rings is 1. The molecule has 0 radical (unpaired) electrons. The molecule has 0 saturated carbocycles. The third-order valence-corrected chi connectivity index (χ3v) is 3.20. The van der Waals surface area contributed by atoms with Crippen molar-refractivity contribution in [1.29, 1.82) is 0 Å². The lowest BCUT2D eigenvalue weighted by Gasteiger charge is -2.35. The predicted octanol–water partition coefficient (Wildman–Crippen LogP) is 1.78. The first kappa shape index (κ1) is 13.4. The number of ether oxygens (including phenoxy) is 1. The molecule has 1 aromatic carbocycles. The molecule has 102 valence electrons. The average Bonchev–Trinajstić information content (AvgIpc) is 2.48. The highest BCUT2D eigenvalue weighted by Crippen LogP contribution is 2.17. The van der Waals surface area contributed by atoms with E-state index in [1.54, 1.807) is 17.0 Å². The van der Waals surface area contributed by atoms with Gasteiger partial charge in [-0.1, -0.05) is 0 Å². The van der Waals surface area contributed by atoms with Crippen molar-refractivity contribution in [2.75, 3.05) is 37.7 Å². The molecule has 1 aliphatic rings. The van der Waals surface area contributed by atoms with Crippen LogP contribution in [0.15, 0.2) is 24.3 Å². The number of carbonyl (C=O) groups excluding carboxylic acids is 2. The fourth-order valence-corrected chi connectivity index (χ4v) is 2.13. The molecule has 1 saturated heterocycles. The average molecular weight is 262 g/mol. The molecule has 19 heavy (non-hydrogen) atoms. The number of aldehydes is 1. The molecule has 5 heteroatoms. The SMILES string of the molecule is CCOC(=O)N1CCN(c2ccc(C=O)cc2)CC1. The van der Waals surface area contributed by atoms with Gasteiger partial charge >= 0.3 is 6.09 Å². The maximum absolute atomic E-state index is 11.6. The zero-order valence-corrected chi connectivity index (χ0v) is 11.0. The molecule has 0 atom stereocenters. The van der Waals surface area contributed by atoms with Gasteiger partial charge in [0, 0.05) is 37.4 Å². The van der Waals surface area contributed by atoms with Crippen LogP contribution in [0.5, 0.6) is 0 Å². The number of hydrogen-bond donors (Lipinski definition) is 0. The van der Waals surface area contributed by atoms with E-state index in [1.807, 2.05) is 19.1 Å². The monoisotopic (exact) mass is 262 g/mol. The van der Waals surface area contributed by atoms with Crippen molar-refractivity contribution in [3.8, 4) is 0 Å². The number of rotatable bonds is 3. The topological polar surface area (TPSA) is 49.9 Å². The lowest BCUT2D eigenvalue weighted by atomic mass is 10.2. The summed E-state index contributed by atoms with van der Waals surface area (Å²) >= 11 is 0. The van der Waals surface area contributed by atoms with Gasteiger partial charge in [-0.05, 0) is 31.2 Å². The van der Waals surface area contributed by atoms with Crippen LogP contribution in [-0.4, -0.2) is 50.1 Å². The Balaban J connectivity index is 1.91. The van der Waals surface area contributed by atoms with E-state index in [9.17, 15) is 9.59 Å². The van der Waals surface area contributed by atoms with Gasteiger partial charge in [-0.2, -0.15) is 0 Å². The van der Waals surface area contributed by atoms with E-state index >= 15 is 0 Å². The van der Waals surface area contributed by atoms with Crippen molar-refractivity contribution in [2.24, 2.45) is 0 Å². The highest BCUT2D eigenvalue weighted by Gasteiger charge is 2.21. The van der Waals surface area contributed by atoms with Crippen molar-refractivity contribution in [2.45, 2.75) is 6.92 Å². The third kappa shape index (κ3) is 3.24. The molecule has 0 aromatic heterocycles. The Labute approximate surface area is 112 Å². The van der Waals surface area contributed by atoms with Crippen molar-refractivity contribution < 1.29 is 14.3 Å². The van der Waals surface area contributed by atoms with E-state index < -0.39 is 0 Å². The minimum absolute atomic E-state index is 0.238. The summed E-state index contributed by atoms with van der Waals surface area (Å²) in [4.78, 5) is 26.1. The van der Waals surface area contributed by atoms with Gasteiger partial charge < -0.3 is 14.5 Å². The molecule has 1 fully saturated rings. The van der Waals surface area contributed by atoms with Crippen LogP contribution in [0.25, 0.3) is 0 Å². The Morgan fingerprint density at radius 2 is 1.84 bits per heavy atom. The molecule has 0 spiro atoms. The van der Waals surface area contributed by atoms with E-state index in [4.69, 9.17) is 4.74 Å². The molecule has 1 aliphatic heterocycles. The summed E-state index contributed by atoms with van der Waals surface area (Å²) in [5, 5.41) is 0. The van der Waals surface area contributed by atoms with Crippen LogP contribution in [0.4, 0.5) is 10.5 Å². The molecule has 0 unspecified atom stereocenters. The highest BCUT2D eigenvalue weighted by molar-refractivity contribution is 5.75. The molecule has 1 heterocycles. The van der Waals surface area contributed by atoms with E-state index in [1.165, 1.54) is 0 Å². The van der Waals surface area contributed by atoms with Crippen LogP contribution >= 0.6 is 0 Å². The normalized spacial score (nSPS) is 15.2. The summed E-state index contributed by atoms with van der Waals surface area (Å²) in [6, 6.07) is 7.48. The molecular weight excluding hydrogens is 244 g/mol. The molecule has 1 aromatic rings. The van der Waals surface area contributed by atoms with Crippen LogP contribution in [0.1, 0.15) is 17.3 Å². The molecule has 2 rings (SSSR count). The Morgan fingerprint density at radius 3 is 2.37 bits per heavy atom. The van der Waals surface area contributed by atoms with Crippen LogP contribution < -0.4 is 4.90 Å². The fourth-order valence-electron chi connectivity index (χ4n) is 2.13. The first-order valence-electron chi connectivity index (χ1n) is 6.46. The largest absolute Gasteiger partial charge is 0.450 e. The smallest absolute Gasteiger partial charge is 0.409 e. The fraction of sp³-hybridized carbons (Fsp3) is 0.429. The molecule has 0 aliphatic carbocycles. The van der Waals surface area contributed by atoms with E-state index in [-0.39, 0.29) is 6.09 Å². The second-order valence-electron chi connectivity index (χ2n) is 4.38. The molecule has 1 amide bonds. The zero-order valence-electron chi connectivity index (χ0n) is 11.0. The van der Waals surface area contributed by atoms with Crippen LogP contribution in [0, 0.1) is 0 Å². The number of benzene rings is 1. The van der Waals surface area contributed by atoms with Gasteiger partial charge in [-0.3, -0.25) is 4.79 Å². The first-order valence-corrected chi connectivity index (χ1v) is 6.46. The maximum Gasteiger partial charge on any atom is 0.409 e. The Bertz CT molecular complexity index is 437. The zero-order chi connectivity index (χ0) is 13.7. The Hall–Kier alpha value is -2.04. The first-order chi connectivity index (χ1) is 9.24. The lowest BCUT2D eigenvalue weighted by molar-refractivity contribution is 0.105. The van der Waals surface area contributed by atoms with Crippen molar-refractivity contribution in [3.05, 3.63) is 29.8 Å². The standard InChI is InChI=1S/C14H18N2O3/c1-2-19-14(18)16-9-7-15(8-10-16)13-5-3-12(11-17)4-6-13/h3-6,11H,2,7-10H2,1H3. The highest BCUT2D eigenvalue weighted by atomic mass is 16.6. The van der Waals surface area contributed by atoms with Crippen molar-refractivity contribution in [3.63, 3.8) is 0 Å². The summed E-state index contributed by atoms with van der Waals surface area (Å²) in [5.74, 6) is 0. The molecule has 0 N–H and O–H groups in total. The quantitative estimate of drug-likeness (QED) is 0.779. The molecule has 0 bridgehead atoms. The predicted molar refractivity (Wildman–Crippen MR) is 72.6 cm³/mol.